The topological polar surface area (TPSA) is 243 Å². The summed E-state index contributed by atoms with van der Waals surface area (Å²) in [5.74, 6) is -2.29. The molecule has 2 heterocycles. The number of hydrogen-bond acceptors (Lipinski definition) is 14. The largest absolute Gasteiger partial charge is 0.504 e. The molecule has 0 unspecified atom stereocenters. The van der Waals surface area contributed by atoms with Crippen LogP contribution in [0, 0.1) is 0 Å². The maximum Gasteiger partial charge on any atom is 0.158 e. The summed E-state index contributed by atoms with van der Waals surface area (Å²) in [7, 11) is 0. The van der Waals surface area contributed by atoms with Crippen molar-refractivity contribution in [2.24, 2.45) is 0 Å². The summed E-state index contributed by atoms with van der Waals surface area (Å²) < 4.78 is 3.11. The number of fused-ring (bicyclic) bond motifs is 9. The second kappa shape index (κ2) is 12.3. The van der Waals surface area contributed by atoms with Gasteiger partial charge in [-0.1, -0.05) is 13.8 Å². The Kier molecular flexibility index (Phi) is 8.04. The van der Waals surface area contributed by atoms with E-state index >= 15 is 0 Å². The Morgan fingerprint density at radius 3 is 0.774 bits per heavy atom. The summed E-state index contributed by atoms with van der Waals surface area (Å²) >= 11 is 2.73. The number of benzene rings is 6. The number of thiophene rings is 2. The Hall–Kier alpha value is -6.64. The third-order valence-electron chi connectivity index (χ3n) is 9.19. The molecule has 14 heteroatoms. The molecule has 0 bridgehead atoms. The monoisotopic (exact) mass is 754 g/mol. The zero-order chi connectivity index (χ0) is 38.3. The number of rotatable bonds is 0. The van der Waals surface area contributed by atoms with Crippen LogP contribution in [0.1, 0.15) is 25.0 Å². The molecule has 12 nitrogen and oxygen atoms in total. The minimum Gasteiger partial charge on any atom is -0.504 e. The van der Waals surface area contributed by atoms with Crippen LogP contribution < -0.4 is 0 Å². The lowest BCUT2D eigenvalue weighted by Gasteiger charge is -2.21. The molecule has 0 radical (unpaired) electrons. The molecule has 53 heavy (non-hydrogen) atoms. The van der Waals surface area contributed by atoms with Gasteiger partial charge in [-0.05, 0) is 70.8 Å². The fourth-order valence-electron chi connectivity index (χ4n) is 6.43. The van der Waals surface area contributed by atoms with Crippen molar-refractivity contribution in [3.8, 4) is 80.1 Å². The molecule has 8 aromatic rings. The summed E-state index contributed by atoms with van der Waals surface area (Å²) in [4.78, 5) is 0. The lowest BCUT2D eigenvalue weighted by Crippen LogP contribution is -2.14. The van der Waals surface area contributed by atoms with Crippen LogP contribution in [-0.2, 0) is 5.41 Å². The van der Waals surface area contributed by atoms with Crippen LogP contribution >= 0.6 is 22.7 Å². The molecule has 0 spiro atoms. The molecule has 2 aromatic heterocycles. The molecule has 1 aliphatic rings. The summed E-state index contributed by atoms with van der Waals surface area (Å²) in [5.41, 5.74) is 2.79. The molecular weight excluding hydrogens is 725 g/mol. The molecule has 0 fully saturated rings. The van der Waals surface area contributed by atoms with Gasteiger partial charge in [0.1, 0.15) is 0 Å². The Morgan fingerprint density at radius 1 is 0.302 bits per heavy atom. The lowest BCUT2D eigenvalue weighted by atomic mass is 9.82. The van der Waals surface area contributed by atoms with Gasteiger partial charge in [-0.3, -0.25) is 0 Å². The van der Waals surface area contributed by atoms with E-state index in [-0.39, 0.29) is 69.0 Å². The Morgan fingerprint density at radius 2 is 0.509 bits per heavy atom. The first-order valence-corrected chi connectivity index (χ1v) is 17.3. The smallest absolute Gasteiger partial charge is 0.158 e. The van der Waals surface area contributed by atoms with E-state index in [9.17, 15) is 61.3 Å². The normalized spacial score (nSPS) is 12.6. The Balaban J connectivity index is 0.000000123. The molecule has 1 aliphatic carbocycles. The van der Waals surface area contributed by atoms with Crippen molar-refractivity contribution in [2.45, 2.75) is 19.3 Å². The third-order valence-corrected chi connectivity index (χ3v) is 11.4. The second-order valence-electron chi connectivity index (χ2n) is 13.0. The van der Waals surface area contributed by atoms with Gasteiger partial charge < -0.3 is 61.3 Å². The molecule has 0 aliphatic heterocycles. The van der Waals surface area contributed by atoms with Crippen LogP contribution in [0.3, 0.4) is 0 Å². The van der Waals surface area contributed by atoms with Crippen LogP contribution in [0.15, 0.2) is 72.8 Å². The first kappa shape index (κ1) is 34.8. The molecule has 0 saturated heterocycles. The van der Waals surface area contributed by atoms with Crippen molar-refractivity contribution in [1.82, 2.24) is 0 Å². The van der Waals surface area contributed by atoms with Gasteiger partial charge in [0, 0.05) is 70.0 Å². The van der Waals surface area contributed by atoms with E-state index in [0.717, 1.165) is 62.6 Å². The lowest BCUT2D eigenvalue weighted by molar-refractivity contribution is 0.402. The van der Waals surface area contributed by atoms with Gasteiger partial charge in [-0.15, -0.1) is 22.7 Å². The van der Waals surface area contributed by atoms with Crippen molar-refractivity contribution in [3.63, 3.8) is 0 Å². The van der Waals surface area contributed by atoms with Gasteiger partial charge in [0.15, 0.2) is 69.0 Å². The molecule has 9 rings (SSSR count). The van der Waals surface area contributed by atoms with Gasteiger partial charge in [0.2, 0.25) is 0 Å². The fraction of sp³-hybridized carbons (Fsp3) is 0.0769. The van der Waals surface area contributed by atoms with Crippen molar-refractivity contribution in [2.75, 3.05) is 0 Å². The maximum atomic E-state index is 9.66. The van der Waals surface area contributed by atoms with Crippen LogP contribution in [0.25, 0.3) is 51.5 Å². The highest BCUT2D eigenvalue weighted by atomic mass is 32.1. The zero-order valence-electron chi connectivity index (χ0n) is 27.6. The van der Waals surface area contributed by atoms with Crippen LogP contribution in [0.5, 0.6) is 69.0 Å². The SMILES string of the molecule is CC1(C)c2cc(O)c(O)cc2-c2cc(O)c(O)cc21.Oc1cc2sc3cc(O)c(O)cc3c2cc1O.Oc1cc2sc3cc(O)c(O)cc3c2cc1O. The standard InChI is InChI=1S/C15H14O4.2C12H8O4S/c1-15(2)9-5-13(18)11(16)3-7(9)8-4-12(17)14(19)6-10(8)15;2*13-7-1-5-6-2-8(14)10(16)4-12(6)17-11(5)3-9(7)15/h3-6,16-19H,1-2H3;2*1-4,13-16H. The average molecular weight is 755 g/mol. The summed E-state index contributed by atoms with van der Waals surface area (Å²) in [6.45, 7) is 3.93. The molecule has 0 saturated carbocycles. The van der Waals surface area contributed by atoms with Gasteiger partial charge in [-0.2, -0.15) is 0 Å². The summed E-state index contributed by atoms with van der Waals surface area (Å²) in [5, 5.41) is 117. The molecular formula is C39H30O12S2. The predicted octanol–water partition coefficient (Wildman–Crippen LogP) is 8.57. The van der Waals surface area contributed by atoms with Gasteiger partial charge in [-0.25, -0.2) is 0 Å². The van der Waals surface area contributed by atoms with Crippen molar-refractivity contribution in [1.29, 1.82) is 0 Å². The van der Waals surface area contributed by atoms with Crippen LogP contribution in [0.4, 0.5) is 0 Å². The Labute approximate surface area is 306 Å². The van der Waals surface area contributed by atoms with Crippen molar-refractivity contribution >= 4 is 63.0 Å². The molecule has 12 N–H and O–H groups in total. The minimum atomic E-state index is -0.416. The van der Waals surface area contributed by atoms with Crippen molar-refractivity contribution in [3.05, 3.63) is 83.9 Å². The fourth-order valence-corrected chi connectivity index (χ4v) is 8.70. The number of phenols is 12. The van der Waals surface area contributed by atoms with Crippen LogP contribution in [-0.4, -0.2) is 61.3 Å². The Bertz CT molecular complexity index is 2490. The van der Waals surface area contributed by atoms with Gasteiger partial charge in [0.25, 0.3) is 0 Å². The van der Waals surface area contributed by atoms with E-state index in [4.69, 9.17) is 0 Å². The zero-order valence-corrected chi connectivity index (χ0v) is 29.2. The van der Waals surface area contributed by atoms with E-state index < -0.39 is 5.41 Å². The van der Waals surface area contributed by atoms with Gasteiger partial charge >= 0.3 is 0 Å². The number of phenolic OH excluding ortho intramolecular Hbond substituents is 12. The molecule has 0 atom stereocenters. The highest BCUT2D eigenvalue weighted by Crippen LogP contribution is 2.54. The highest BCUT2D eigenvalue weighted by Gasteiger charge is 2.37. The second-order valence-corrected chi connectivity index (χ2v) is 15.1. The van der Waals surface area contributed by atoms with E-state index in [0.29, 0.717) is 0 Å². The van der Waals surface area contributed by atoms with E-state index in [2.05, 4.69) is 0 Å². The first-order chi connectivity index (χ1) is 24.9. The average Bonchev–Trinajstić information content (AvgIpc) is 3.66. The van der Waals surface area contributed by atoms with Crippen molar-refractivity contribution < 1.29 is 61.3 Å². The van der Waals surface area contributed by atoms with Gasteiger partial charge in [0.05, 0.1) is 0 Å². The molecule has 270 valence electrons. The third kappa shape index (κ3) is 5.79. The predicted molar refractivity (Wildman–Crippen MR) is 203 cm³/mol. The first-order valence-electron chi connectivity index (χ1n) is 15.7. The van der Waals surface area contributed by atoms with E-state index in [1.54, 1.807) is 0 Å². The summed E-state index contributed by atoms with van der Waals surface area (Å²) in [6, 6.07) is 17.6. The summed E-state index contributed by atoms with van der Waals surface area (Å²) in [6.07, 6.45) is 0. The van der Waals surface area contributed by atoms with E-state index in [1.165, 1.54) is 95.5 Å². The van der Waals surface area contributed by atoms with Crippen LogP contribution in [0.2, 0.25) is 0 Å². The minimum absolute atomic E-state index is 0.173. The number of aromatic hydroxyl groups is 12. The number of hydrogen-bond donors (Lipinski definition) is 12. The highest BCUT2D eigenvalue weighted by molar-refractivity contribution is 7.26. The molecule has 6 aromatic carbocycles. The van der Waals surface area contributed by atoms with E-state index in [1.807, 2.05) is 13.8 Å². The molecule has 0 amide bonds. The maximum absolute atomic E-state index is 9.66. The quantitative estimate of drug-likeness (QED) is 0.0652.